The first-order valence-electron chi connectivity index (χ1n) is 30.6. The molecule has 8 aromatic carbocycles. The van der Waals surface area contributed by atoms with E-state index in [1.54, 1.807) is 0 Å². The first-order valence-corrected chi connectivity index (χ1v) is 30.6. The molecule has 4 aromatic heterocycles. The quantitative estimate of drug-likeness (QED) is 0.146. The molecule has 4 aliphatic rings. The van der Waals surface area contributed by atoms with Gasteiger partial charge in [-0.2, -0.15) is 0 Å². The lowest BCUT2D eigenvalue weighted by atomic mass is 9.33. The van der Waals surface area contributed by atoms with Gasteiger partial charge in [-0.05, 0) is 185 Å². The molecule has 0 atom stereocenters. The summed E-state index contributed by atoms with van der Waals surface area (Å²) in [4.78, 5) is 23.9. The van der Waals surface area contributed by atoms with Gasteiger partial charge in [0.05, 0.1) is 22.8 Å². The van der Waals surface area contributed by atoms with Crippen molar-refractivity contribution in [2.45, 2.75) is 65.5 Å². The summed E-state index contributed by atoms with van der Waals surface area (Å²) in [6.45, 7) is 15.4. The van der Waals surface area contributed by atoms with Crippen LogP contribution in [0.2, 0.25) is 0 Å². The fourth-order valence-corrected chi connectivity index (χ4v) is 13.4. The molecular weight excluding hydrogens is 1070 g/mol. The van der Waals surface area contributed by atoms with Crippen molar-refractivity contribution in [1.82, 2.24) is 19.9 Å². The number of benzene rings is 8. The Morgan fingerprint density at radius 3 is 1.02 bits per heavy atom. The van der Waals surface area contributed by atoms with Gasteiger partial charge in [-0.15, -0.1) is 0 Å². The van der Waals surface area contributed by atoms with E-state index in [1.165, 1.54) is 89.2 Å². The molecule has 16 rings (SSSR count). The van der Waals surface area contributed by atoms with Gasteiger partial charge in [0.2, 0.25) is 0 Å². The van der Waals surface area contributed by atoms with Crippen molar-refractivity contribution in [3.63, 3.8) is 0 Å². The number of nitrogens with one attached hydrogen (secondary N) is 2. The Morgan fingerprint density at radius 2 is 0.659 bits per heavy atom. The highest BCUT2D eigenvalue weighted by Crippen LogP contribution is 2.44. The summed E-state index contributed by atoms with van der Waals surface area (Å²) < 4.78 is 0. The zero-order chi connectivity index (χ0) is 59.7. The van der Waals surface area contributed by atoms with Gasteiger partial charge < -0.3 is 20.4 Å². The topological polar surface area (TPSA) is 82.1 Å². The average molecular weight is 1140 g/mol. The summed E-state index contributed by atoms with van der Waals surface area (Å²) in [5, 5.41) is 7.55. The number of hydrogen-bond donors (Lipinski definition) is 2. The number of aromatic nitrogens is 4. The molecule has 0 spiro atoms. The molecule has 4 aliphatic heterocycles. The summed E-state index contributed by atoms with van der Waals surface area (Å²) in [6.07, 6.45) is 7.48. The highest BCUT2D eigenvalue weighted by Gasteiger charge is 2.44. The van der Waals surface area contributed by atoms with Crippen LogP contribution < -0.4 is 53.2 Å². The molecule has 0 fully saturated rings. The van der Waals surface area contributed by atoms with Crippen LogP contribution in [0, 0.1) is 0 Å². The molecule has 0 unspecified atom stereocenters. The summed E-state index contributed by atoms with van der Waals surface area (Å²) in [7, 11) is 0. The second-order valence-corrected chi connectivity index (χ2v) is 25.7. The number of fused-ring (bicyclic) bond motifs is 8. The first kappa shape index (κ1) is 54.3. The van der Waals surface area contributed by atoms with Crippen molar-refractivity contribution >= 4 is 91.7 Å². The Morgan fingerprint density at radius 1 is 0.318 bits per heavy atom. The van der Waals surface area contributed by atoms with Crippen molar-refractivity contribution < 1.29 is 0 Å². The predicted molar refractivity (Wildman–Crippen MR) is 369 cm³/mol. The van der Waals surface area contributed by atoms with Crippen LogP contribution in [0.3, 0.4) is 0 Å². The predicted octanol–water partition coefficient (Wildman–Crippen LogP) is 14.7. The van der Waals surface area contributed by atoms with Gasteiger partial charge in [-0.1, -0.05) is 175 Å². The monoisotopic (exact) mass is 1140 g/mol. The summed E-state index contributed by atoms with van der Waals surface area (Å²) in [5.41, 5.74) is 31.0. The lowest BCUT2D eigenvalue weighted by molar-refractivity contribution is 0.590. The zero-order valence-corrected chi connectivity index (χ0v) is 50.5. The van der Waals surface area contributed by atoms with Crippen molar-refractivity contribution in [2.24, 2.45) is 0 Å². The van der Waals surface area contributed by atoms with Gasteiger partial charge in [0.15, 0.2) is 0 Å². The molecule has 0 saturated carbocycles. The van der Waals surface area contributed by atoms with E-state index in [0.29, 0.717) is 0 Å². The Balaban J connectivity index is 0.000000155. The normalized spacial score (nSPS) is 13.1. The molecule has 8 nitrogen and oxygen atoms in total. The minimum atomic E-state index is -0.0515. The van der Waals surface area contributed by atoms with E-state index in [1.807, 2.05) is 61.2 Å². The highest BCUT2D eigenvalue weighted by molar-refractivity contribution is 7.01. The maximum absolute atomic E-state index is 4.78. The lowest BCUT2D eigenvalue weighted by Crippen LogP contribution is -2.62. The molecule has 2 N–H and O–H groups in total. The Kier molecular flexibility index (Phi) is 13.5. The maximum Gasteiger partial charge on any atom is 0.252 e. The van der Waals surface area contributed by atoms with Crippen molar-refractivity contribution in [1.29, 1.82) is 0 Å². The van der Waals surface area contributed by atoms with Gasteiger partial charge in [-0.3, -0.25) is 19.9 Å². The second kappa shape index (κ2) is 21.9. The van der Waals surface area contributed by atoms with E-state index >= 15 is 0 Å². The van der Waals surface area contributed by atoms with Crippen LogP contribution in [0.5, 0.6) is 0 Å². The van der Waals surface area contributed by atoms with E-state index in [4.69, 9.17) is 9.97 Å². The SMILES string of the molecule is CC(C)(C)c1cc2c3c(c1)N(Cc1ccccc1)c1ccc(-c4ccccn4)cc1B3c1cc(-c3ccccn3)ccc1N2Cc1ccccc1.CC(C)(C)c1cc2c3c(c1)Nc1ccc(-c4ccccn4)cc1B3c1cc(-c3ccccn3)ccc1N2. The Hall–Kier alpha value is -10.3. The van der Waals surface area contributed by atoms with Crippen molar-refractivity contribution in [3.8, 4) is 45.0 Å². The summed E-state index contributed by atoms with van der Waals surface area (Å²) in [6, 6.07) is 83.1. The van der Waals surface area contributed by atoms with Gasteiger partial charge in [0.25, 0.3) is 13.4 Å². The molecule has 0 amide bonds. The number of anilines is 8. The van der Waals surface area contributed by atoms with Crippen LogP contribution >= 0.6 is 0 Å². The van der Waals surface area contributed by atoms with Gasteiger partial charge in [0.1, 0.15) is 0 Å². The molecule has 8 heterocycles. The van der Waals surface area contributed by atoms with E-state index < -0.39 is 0 Å². The molecule has 10 heteroatoms. The average Bonchev–Trinajstić information content (AvgIpc) is 0.722. The second-order valence-electron chi connectivity index (χ2n) is 25.7. The molecule has 0 radical (unpaired) electrons. The molecule has 0 aliphatic carbocycles. The van der Waals surface area contributed by atoms with Crippen molar-refractivity contribution in [2.75, 3.05) is 20.4 Å². The molecule has 12 aromatic rings. The third kappa shape index (κ3) is 9.98. The Bertz CT molecular complexity index is 4320. The minimum absolute atomic E-state index is 0.0142. The number of nitrogens with zero attached hydrogens (tertiary/aromatic N) is 6. The Labute approximate surface area is 517 Å². The lowest BCUT2D eigenvalue weighted by Gasteiger charge is -2.45. The van der Waals surface area contributed by atoms with Crippen LogP contribution in [-0.2, 0) is 23.9 Å². The minimum Gasteiger partial charge on any atom is -0.356 e. The third-order valence-corrected chi connectivity index (χ3v) is 17.9. The third-order valence-electron chi connectivity index (χ3n) is 17.9. The smallest absolute Gasteiger partial charge is 0.252 e. The first-order chi connectivity index (χ1) is 42.9. The number of pyridine rings is 4. The van der Waals surface area contributed by atoms with Crippen LogP contribution in [0.4, 0.5) is 45.5 Å². The molecule has 0 saturated heterocycles. The van der Waals surface area contributed by atoms with Crippen LogP contribution in [-0.4, -0.2) is 33.4 Å². The summed E-state index contributed by atoms with van der Waals surface area (Å²) >= 11 is 0. The summed E-state index contributed by atoms with van der Waals surface area (Å²) in [5.74, 6) is 0. The standard InChI is InChI=1S/C46H39BN4.C32H27BN4/c1-46(2,3)36-28-43-45-44(29-36)51(31-33-16-8-5-9-17-33)42-23-21-35(40-19-11-13-25-49-40)27-38(42)47(45)37-26-34(39-18-10-12-24-48-39)20-22-41(37)50(43)30-32-14-6-4-7-15-32;1-32(2,3)22-18-29-31-30(19-22)37-28-13-11-21(26-9-5-7-15-35-26)17-24(28)33(31)23-16-20(10-12-27(23)36-29)25-8-4-6-14-34-25/h4-29H,30-31H2,1-3H3;4-19,36-37H,1-3H3. The van der Waals surface area contributed by atoms with Crippen LogP contribution in [0.1, 0.15) is 63.8 Å². The highest BCUT2D eigenvalue weighted by atomic mass is 15.2. The fraction of sp³-hybridized carbons (Fsp3) is 0.128. The fourth-order valence-electron chi connectivity index (χ4n) is 13.4. The van der Waals surface area contributed by atoms with Gasteiger partial charge in [-0.25, -0.2) is 0 Å². The number of hydrogen-bond acceptors (Lipinski definition) is 8. The van der Waals surface area contributed by atoms with Crippen molar-refractivity contribution in [3.05, 3.63) is 278 Å². The van der Waals surface area contributed by atoms with Gasteiger partial charge >= 0.3 is 0 Å². The number of rotatable bonds is 8. The van der Waals surface area contributed by atoms with E-state index in [-0.39, 0.29) is 24.3 Å². The molecule has 424 valence electrons. The molecule has 0 bridgehead atoms. The maximum atomic E-state index is 4.78. The van der Waals surface area contributed by atoms with Gasteiger partial charge in [0, 0.05) is 83.4 Å². The largest absolute Gasteiger partial charge is 0.356 e. The van der Waals surface area contributed by atoms with Crippen LogP contribution in [0.25, 0.3) is 45.0 Å². The van der Waals surface area contributed by atoms with E-state index in [0.717, 1.165) is 69.5 Å². The van der Waals surface area contributed by atoms with Crippen LogP contribution in [0.15, 0.2) is 255 Å². The molecule has 88 heavy (non-hydrogen) atoms. The zero-order valence-electron chi connectivity index (χ0n) is 50.5. The van der Waals surface area contributed by atoms with E-state index in [9.17, 15) is 0 Å². The van der Waals surface area contributed by atoms with E-state index in [2.05, 4.69) is 266 Å². The molecular formula is C78H66B2N8.